The van der Waals surface area contributed by atoms with Crippen molar-refractivity contribution < 1.29 is 8.42 Å². The van der Waals surface area contributed by atoms with Crippen LogP contribution in [0.1, 0.15) is 12.0 Å². The molecule has 0 aliphatic carbocycles. The Morgan fingerprint density at radius 1 is 1.00 bits per heavy atom. The molecule has 0 unspecified atom stereocenters. The van der Waals surface area contributed by atoms with Gasteiger partial charge in [-0.05, 0) is 29.9 Å². The van der Waals surface area contributed by atoms with Crippen LogP contribution in [0.3, 0.4) is 0 Å². The van der Waals surface area contributed by atoms with Crippen molar-refractivity contribution >= 4 is 21.2 Å². The van der Waals surface area contributed by atoms with Gasteiger partial charge in [-0.25, -0.2) is 8.42 Å². The van der Waals surface area contributed by atoms with Crippen LogP contribution in [0.2, 0.25) is 0 Å². The van der Waals surface area contributed by atoms with Crippen LogP contribution in [0.15, 0.2) is 52.1 Å². The van der Waals surface area contributed by atoms with Gasteiger partial charge in [0.05, 0.1) is 5.75 Å². The molecule has 4 heteroatoms. The van der Waals surface area contributed by atoms with Gasteiger partial charge in [-0.3, -0.25) is 0 Å². The Morgan fingerprint density at radius 2 is 1.76 bits per heavy atom. The maximum Gasteiger partial charge on any atom is 0.187 e. The molecule has 17 heavy (non-hydrogen) atoms. The van der Waals surface area contributed by atoms with Crippen LogP contribution >= 0.6 is 11.3 Å². The van der Waals surface area contributed by atoms with Crippen molar-refractivity contribution in [1.82, 2.24) is 0 Å². The number of sulfone groups is 1. The van der Waals surface area contributed by atoms with Crippen molar-refractivity contribution in [1.29, 1.82) is 0 Å². The molecule has 2 nitrogen and oxygen atoms in total. The molecular formula is C13H14O2S2. The molecule has 0 bridgehead atoms. The molecule has 0 aliphatic rings. The molecule has 1 aromatic carbocycles. The summed E-state index contributed by atoms with van der Waals surface area (Å²) in [6.45, 7) is 0. The van der Waals surface area contributed by atoms with Gasteiger partial charge in [0.25, 0.3) is 0 Å². The normalized spacial score (nSPS) is 11.5. The number of aryl methyl sites for hydroxylation is 1. The van der Waals surface area contributed by atoms with Crippen molar-refractivity contribution in [3.05, 3.63) is 53.4 Å². The minimum atomic E-state index is -3.07. The minimum Gasteiger partial charge on any atom is -0.223 e. The van der Waals surface area contributed by atoms with E-state index >= 15 is 0 Å². The van der Waals surface area contributed by atoms with E-state index in [4.69, 9.17) is 0 Å². The van der Waals surface area contributed by atoms with E-state index < -0.39 is 9.84 Å². The van der Waals surface area contributed by atoms with E-state index in [1.807, 2.05) is 30.3 Å². The van der Waals surface area contributed by atoms with E-state index in [-0.39, 0.29) is 5.75 Å². The third-order valence-corrected chi connectivity index (χ3v) is 5.81. The molecule has 2 rings (SSSR count). The standard InChI is InChI=1S/C13H14O2S2/c14-17(15,13-9-4-10-16-13)11-5-8-12-6-2-1-3-7-12/h1-4,6-7,9-10H,5,8,11H2. The molecule has 0 saturated carbocycles. The summed E-state index contributed by atoms with van der Waals surface area (Å²) < 4.78 is 24.3. The summed E-state index contributed by atoms with van der Waals surface area (Å²) >= 11 is 1.29. The quantitative estimate of drug-likeness (QED) is 0.833. The van der Waals surface area contributed by atoms with Gasteiger partial charge in [0.1, 0.15) is 4.21 Å². The molecule has 2 aromatic rings. The highest BCUT2D eigenvalue weighted by Crippen LogP contribution is 2.18. The van der Waals surface area contributed by atoms with Crippen molar-refractivity contribution in [2.45, 2.75) is 17.1 Å². The molecule has 90 valence electrons. The summed E-state index contributed by atoms with van der Waals surface area (Å²) in [6.07, 6.45) is 1.48. The van der Waals surface area contributed by atoms with Gasteiger partial charge in [-0.1, -0.05) is 36.4 Å². The largest absolute Gasteiger partial charge is 0.223 e. The average Bonchev–Trinajstić information content (AvgIpc) is 2.84. The zero-order valence-electron chi connectivity index (χ0n) is 9.37. The van der Waals surface area contributed by atoms with Crippen LogP contribution < -0.4 is 0 Å². The zero-order valence-corrected chi connectivity index (χ0v) is 11.0. The number of rotatable bonds is 5. The lowest BCUT2D eigenvalue weighted by Crippen LogP contribution is -2.05. The molecule has 0 amide bonds. The topological polar surface area (TPSA) is 34.1 Å². The van der Waals surface area contributed by atoms with Crippen molar-refractivity contribution in [3.8, 4) is 0 Å². The molecule has 0 radical (unpaired) electrons. The molecular weight excluding hydrogens is 252 g/mol. The first-order chi connectivity index (χ1) is 8.18. The van der Waals surface area contributed by atoms with Crippen LogP contribution in [0.25, 0.3) is 0 Å². The van der Waals surface area contributed by atoms with Crippen LogP contribution in [-0.2, 0) is 16.3 Å². The Kier molecular flexibility index (Phi) is 3.97. The van der Waals surface area contributed by atoms with Gasteiger partial charge in [-0.15, -0.1) is 11.3 Å². The molecule has 0 spiro atoms. The molecule has 0 N–H and O–H groups in total. The number of hydrogen-bond acceptors (Lipinski definition) is 3. The van der Waals surface area contributed by atoms with Crippen LogP contribution in [0.4, 0.5) is 0 Å². The number of hydrogen-bond donors (Lipinski definition) is 0. The van der Waals surface area contributed by atoms with E-state index in [0.717, 1.165) is 6.42 Å². The van der Waals surface area contributed by atoms with Crippen LogP contribution in [0, 0.1) is 0 Å². The monoisotopic (exact) mass is 266 g/mol. The smallest absolute Gasteiger partial charge is 0.187 e. The van der Waals surface area contributed by atoms with Gasteiger partial charge in [-0.2, -0.15) is 0 Å². The van der Waals surface area contributed by atoms with Crippen molar-refractivity contribution in [3.63, 3.8) is 0 Å². The number of benzene rings is 1. The van der Waals surface area contributed by atoms with Crippen LogP contribution in [-0.4, -0.2) is 14.2 Å². The second kappa shape index (κ2) is 5.47. The van der Waals surface area contributed by atoms with E-state index in [1.165, 1.54) is 16.9 Å². The molecule has 0 aliphatic heterocycles. The first-order valence-electron chi connectivity index (χ1n) is 5.49. The first kappa shape index (κ1) is 12.3. The SMILES string of the molecule is O=S(=O)(CCCc1ccccc1)c1cccs1. The Bertz CT molecular complexity index is 542. The number of thiophene rings is 1. The predicted molar refractivity (Wildman–Crippen MR) is 71.1 cm³/mol. The lowest BCUT2D eigenvalue weighted by Gasteiger charge is -2.02. The summed E-state index contributed by atoms with van der Waals surface area (Å²) in [4.78, 5) is 0. The third kappa shape index (κ3) is 3.41. The molecule has 0 atom stereocenters. The fourth-order valence-electron chi connectivity index (χ4n) is 1.65. The Morgan fingerprint density at radius 3 is 2.41 bits per heavy atom. The fraction of sp³-hybridized carbons (Fsp3) is 0.231. The highest BCUT2D eigenvalue weighted by molar-refractivity contribution is 7.93. The van der Waals surface area contributed by atoms with Crippen LogP contribution in [0.5, 0.6) is 0 Å². The van der Waals surface area contributed by atoms with Gasteiger partial charge in [0.2, 0.25) is 0 Å². The Labute approximate surface area is 106 Å². The minimum absolute atomic E-state index is 0.225. The highest BCUT2D eigenvalue weighted by Gasteiger charge is 2.14. The molecule has 0 fully saturated rings. The maximum atomic E-state index is 11.9. The van der Waals surface area contributed by atoms with E-state index in [1.54, 1.807) is 17.5 Å². The van der Waals surface area contributed by atoms with Gasteiger partial charge in [0, 0.05) is 0 Å². The molecule has 0 saturated heterocycles. The lowest BCUT2D eigenvalue weighted by atomic mass is 10.1. The van der Waals surface area contributed by atoms with E-state index in [9.17, 15) is 8.42 Å². The second-order valence-corrected chi connectivity index (χ2v) is 7.12. The first-order valence-corrected chi connectivity index (χ1v) is 8.02. The third-order valence-electron chi connectivity index (χ3n) is 2.52. The summed E-state index contributed by atoms with van der Waals surface area (Å²) in [5, 5.41) is 1.80. The average molecular weight is 266 g/mol. The zero-order chi connectivity index (χ0) is 12.1. The van der Waals surface area contributed by atoms with Gasteiger partial charge < -0.3 is 0 Å². The predicted octanol–water partition coefficient (Wildman–Crippen LogP) is 3.15. The lowest BCUT2D eigenvalue weighted by molar-refractivity contribution is 0.595. The second-order valence-electron chi connectivity index (χ2n) is 3.84. The Balaban J connectivity index is 1.91. The summed E-state index contributed by atoms with van der Waals surface area (Å²) in [7, 11) is -3.07. The summed E-state index contributed by atoms with van der Waals surface area (Å²) in [5.74, 6) is 0.225. The van der Waals surface area contributed by atoms with E-state index in [0.29, 0.717) is 10.6 Å². The van der Waals surface area contributed by atoms with E-state index in [2.05, 4.69) is 0 Å². The van der Waals surface area contributed by atoms with Gasteiger partial charge >= 0.3 is 0 Å². The fourth-order valence-corrected chi connectivity index (χ4v) is 4.11. The van der Waals surface area contributed by atoms with Gasteiger partial charge in [0.15, 0.2) is 9.84 Å². The van der Waals surface area contributed by atoms with Crippen molar-refractivity contribution in [2.75, 3.05) is 5.75 Å². The Hall–Kier alpha value is -1.13. The highest BCUT2D eigenvalue weighted by atomic mass is 32.2. The maximum absolute atomic E-state index is 11.9. The van der Waals surface area contributed by atoms with Crippen molar-refractivity contribution in [2.24, 2.45) is 0 Å². The molecule has 1 heterocycles. The summed E-state index contributed by atoms with van der Waals surface area (Å²) in [5.41, 5.74) is 1.19. The summed E-state index contributed by atoms with van der Waals surface area (Å²) in [6, 6.07) is 13.4. The molecule has 1 aromatic heterocycles.